The summed E-state index contributed by atoms with van der Waals surface area (Å²) in [6.45, 7) is 10.5. The van der Waals surface area contributed by atoms with Crippen molar-refractivity contribution in [3.05, 3.63) is 34.5 Å². The summed E-state index contributed by atoms with van der Waals surface area (Å²) in [5, 5.41) is 21.2. The molecule has 0 bridgehead atoms. The zero-order valence-electron chi connectivity index (χ0n) is 20.0. The maximum absolute atomic E-state index is 13.4. The Hall–Kier alpha value is -2.29. The van der Waals surface area contributed by atoms with Gasteiger partial charge in [0, 0.05) is 23.4 Å². The van der Waals surface area contributed by atoms with Crippen LogP contribution in [0.4, 0.5) is 9.59 Å². The third-order valence-corrected chi connectivity index (χ3v) is 5.51. The average Bonchev–Trinajstić information content (AvgIpc) is 2.99. The number of carbonyl (C=O) groups is 2. The molecule has 182 valence electrons. The van der Waals surface area contributed by atoms with E-state index in [1.165, 1.54) is 9.47 Å². The van der Waals surface area contributed by atoms with E-state index in [1.54, 1.807) is 59.7 Å². The Balaban J connectivity index is 2.22. The minimum atomic E-state index is -1.10. The fourth-order valence-electron chi connectivity index (χ4n) is 4.11. The molecule has 1 aliphatic rings. The number of aliphatic hydroxyl groups is 2. The van der Waals surface area contributed by atoms with Crippen LogP contribution in [0.5, 0.6) is 0 Å². The molecule has 1 aromatic heterocycles. The lowest BCUT2D eigenvalue weighted by Gasteiger charge is -2.38. The molecule has 1 aromatic carbocycles. The molecule has 2 atom stereocenters. The molecule has 0 fully saturated rings. The van der Waals surface area contributed by atoms with Crippen LogP contribution in [-0.4, -0.2) is 62.3 Å². The number of hydrogen-bond donors (Lipinski definition) is 2. The molecule has 8 nitrogen and oxygen atoms in total. The van der Waals surface area contributed by atoms with Crippen molar-refractivity contribution in [1.82, 2.24) is 9.47 Å². The van der Waals surface area contributed by atoms with Crippen LogP contribution in [0, 0.1) is 0 Å². The zero-order chi connectivity index (χ0) is 24.7. The Morgan fingerprint density at radius 1 is 1.12 bits per heavy atom. The van der Waals surface area contributed by atoms with Crippen LogP contribution in [0.15, 0.2) is 18.2 Å². The summed E-state index contributed by atoms with van der Waals surface area (Å²) in [4.78, 5) is 28.0. The predicted octanol–water partition coefficient (Wildman–Crippen LogP) is 4.66. The highest BCUT2D eigenvalue weighted by atomic mass is 35.5. The molecule has 0 saturated carbocycles. The monoisotopic (exact) mass is 480 g/mol. The minimum Gasteiger partial charge on any atom is -0.444 e. The van der Waals surface area contributed by atoms with Gasteiger partial charge in [-0.25, -0.2) is 14.2 Å². The van der Waals surface area contributed by atoms with Gasteiger partial charge in [0.05, 0.1) is 30.0 Å². The van der Waals surface area contributed by atoms with Crippen molar-refractivity contribution in [3.8, 4) is 0 Å². The van der Waals surface area contributed by atoms with Gasteiger partial charge in [-0.2, -0.15) is 0 Å². The lowest BCUT2D eigenvalue weighted by atomic mass is 9.94. The van der Waals surface area contributed by atoms with Gasteiger partial charge in [-0.05, 0) is 71.7 Å². The van der Waals surface area contributed by atoms with Crippen molar-refractivity contribution in [2.75, 3.05) is 13.2 Å². The van der Waals surface area contributed by atoms with Gasteiger partial charge in [0.25, 0.3) is 0 Å². The average molecular weight is 481 g/mol. The number of aromatic nitrogens is 1. The van der Waals surface area contributed by atoms with Crippen molar-refractivity contribution in [3.63, 3.8) is 0 Å². The molecule has 3 rings (SSSR count). The summed E-state index contributed by atoms with van der Waals surface area (Å²) in [7, 11) is 0. The van der Waals surface area contributed by atoms with E-state index in [9.17, 15) is 19.8 Å². The number of amides is 1. The van der Waals surface area contributed by atoms with E-state index in [-0.39, 0.29) is 6.42 Å². The standard InChI is InChI=1S/C24H33ClN2O6/c1-23(2,3)32-21(30)26-10-9-16-17-11-14(25)7-8-18(17)27(22(31)33-24(4,5)6)20(16)19(26)12-15(29)13-28/h7-8,11,15,19,28-29H,9-10,12-13H2,1-6H3. The van der Waals surface area contributed by atoms with Crippen LogP contribution >= 0.6 is 11.6 Å². The van der Waals surface area contributed by atoms with E-state index < -0.39 is 42.1 Å². The molecule has 2 unspecified atom stereocenters. The van der Waals surface area contributed by atoms with Gasteiger partial charge in [0.1, 0.15) is 11.2 Å². The molecule has 0 spiro atoms. The fourth-order valence-corrected chi connectivity index (χ4v) is 4.28. The minimum absolute atomic E-state index is 0.0234. The Morgan fingerprint density at radius 3 is 2.30 bits per heavy atom. The number of aliphatic hydroxyl groups excluding tert-OH is 2. The van der Waals surface area contributed by atoms with Gasteiger partial charge < -0.3 is 19.7 Å². The van der Waals surface area contributed by atoms with Crippen LogP contribution < -0.4 is 0 Å². The molecule has 0 aliphatic carbocycles. The van der Waals surface area contributed by atoms with Crippen molar-refractivity contribution >= 4 is 34.7 Å². The summed E-state index contributed by atoms with van der Waals surface area (Å²) >= 11 is 6.27. The second kappa shape index (κ2) is 9.16. The van der Waals surface area contributed by atoms with Gasteiger partial charge in [0.2, 0.25) is 0 Å². The first kappa shape index (κ1) is 25.3. The Bertz CT molecular complexity index is 1050. The lowest BCUT2D eigenvalue weighted by Crippen LogP contribution is -2.45. The molecular formula is C24H33ClN2O6. The second-order valence-corrected chi connectivity index (χ2v) is 10.8. The quantitative estimate of drug-likeness (QED) is 0.662. The van der Waals surface area contributed by atoms with Crippen molar-refractivity contribution in [2.24, 2.45) is 0 Å². The maximum atomic E-state index is 13.4. The molecular weight excluding hydrogens is 448 g/mol. The Kier molecular flexibility index (Phi) is 7.03. The SMILES string of the molecule is CC(C)(C)OC(=O)N1CCc2c(n(C(=O)OC(C)(C)C)c3ccc(Cl)cc23)C1CC(O)CO. The van der Waals surface area contributed by atoms with Crippen molar-refractivity contribution < 1.29 is 29.3 Å². The first-order valence-corrected chi connectivity index (χ1v) is 11.4. The highest BCUT2D eigenvalue weighted by Gasteiger charge is 2.40. The van der Waals surface area contributed by atoms with Crippen LogP contribution in [-0.2, 0) is 15.9 Å². The zero-order valence-corrected chi connectivity index (χ0v) is 20.8. The number of fused-ring (bicyclic) bond motifs is 3. The van der Waals surface area contributed by atoms with E-state index in [0.717, 1.165) is 10.9 Å². The number of benzene rings is 1. The van der Waals surface area contributed by atoms with Gasteiger partial charge >= 0.3 is 12.2 Å². The van der Waals surface area contributed by atoms with Crippen LogP contribution in [0.2, 0.25) is 5.02 Å². The summed E-state index contributed by atoms with van der Waals surface area (Å²) in [6, 6.07) is 4.51. The first-order valence-electron chi connectivity index (χ1n) is 11.1. The molecule has 1 aliphatic heterocycles. The highest BCUT2D eigenvalue weighted by Crippen LogP contribution is 2.41. The molecule has 33 heavy (non-hydrogen) atoms. The van der Waals surface area contributed by atoms with E-state index in [4.69, 9.17) is 21.1 Å². The van der Waals surface area contributed by atoms with Crippen molar-refractivity contribution in [1.29, 1.82) is 0 Å². The van der Waals surface area contributed by atoms with Crippen LogP contribution in [0.3, 0.4) is 0 Å². The Morgan fingerprint density at radius 2 is 1.73 bits per heavy atom. The number of halogens is 1. The number of nitrogens with zero attached hydrogens (tertiary/aromatic N) is 2. The molecule has 0 saturated heterocycles. The second-order valence-electron chi connectivity index (χ2n) is 10.4. The number of rotatable bonds is 3. The van der Waals surface area contributed by atoms with Crippen LogP contribution in [0.25, 0.3) is 10.9 Å². The van der Waals surface area contributed by atoms with E-state index in [1.807, 2.05) is 0 Å². The smallest absolute Gasteiger partial charge is 0.419 e. The summed E-state index contributed by atoms with van der Waals surface area (Å²) < 4.78 is 12.8. The lowest BCUT2D eigenvalue weighted by molar-refractivity contribution is 0.00104. The third kappa shape index (κ3) is 5.62. The topological polar surface area (TPSA) is 101 Å². The predicted molar refractivity (Wildman–Crippen MR) is 126 cm³/mol. The van der Waals surface area contributed by atoms with Gasteiger partial charge in [0.15, 0.2) is 0 Å². The van der Waals surface area contributed by atoms with Gasteiger partial charge in [-0.3, -0.25) is 4.90 Å². The van der Waals surface area contributed by atoms with E-state index >= 15 is 0 Å². The van der Waals surface area contributed by atoms with Gasteiger partial charge in [-0.1, -0.05) is 11.6 Å². The van der Waals surface area contributed by atoms with E-state index in [2.05, 4.69) is 0 Å². The largest absolute Gasteiger partial charge is 0.444 e. The summed E-state index contributed by atoms with van der Waals surface area (Å²) in [5.74, 6) is 0. The van der Waals surface area contributed by atoms with E-state index in [0.29, 0.717) is 29.2 Å². The van der Waals surface area contributed by atoms with Gasteiger partial charge in [-0.15, -0.1) is 0 Å². The number of hydrogen-bond acceptors (Lipinski definition) is 6. The number of ether oxygens (including phenoxy) is 2. The molecule has 0 radical (unpaired) electrons. The first-order chi connectivity index (χ1) is 15.2. The Labute approximate surface area is 199 Å². The number of carbonyl (C=O) groups excluding carboxylic acids is 2. The highest BCUT2D eigenvalue weighted by molar-refractivity contribution is 6.31. The molecule has 2 heterocycles. The molecule has 2 aromatic rings. The maximum Gasteiger partial charge on any atom is 0.419 e. The summed E-state index contributed by atoms with van der Waals surface area (Å²) in [5.41, 5.74) is 0.530. The normalized spacial score (nSPS) is 17.6. The third-order valence-electron chi connectivity index (χ3n) is 5.28. The van der Waals surface area contributed by atoms with Crippen molar-refractivity contribution in [2.45, 2.75) is 77.7 Å². The molecule has 1 amide bonds. The fraction of sp³-hybridized carbons (Fsp3) is 0.583. The molecule has 9 heteroatoms. The molecule has 2 N–H and O–H groups in total. The summed E-state index contributed by atoms with van der Waals surface area (Å²) in [6.07, 6.45) is -1.75. The van der Waals surface area contributed by atoms with Crippen LogP contribution in [0.1, 0.15) is 65.3 Å².